The van der Waals surface area contributed by atoms with Crippen LogP contribution in [0.1, 0.15) is 43.4 Å². The lowest BCUT2D eigenvalue weighted by atomic mass is 9.98. The fourth-order valence-corrected chi connectivity index (χ4v) is 3.47. The van der Waals surface area contributed by atoms with Crippen molar-refractivity contribution in [2.75, 3.05) is 0 Å². The summed E-state index contributed by atoms with van der Waals surface area (Å²) in [5, 5.41) is 9.56. The van der Waals surface area contributed by atoms with E-state index in [-0.39, 0.29) is 6.10 Å². The zero-order chi connectivity index (χ0) is 17.2. The number of nitrogens with zero attached hydrogens (tertiary/aromatic N) is 4. The van der Waals surface area contributed by atoms with Crippen LogP contribution in [-0.4, -0.2) is 20.5 Å². The summed E-state index contributed by atoms with van der Waals surface area (Å²) in [7, 11) is 0. The van der Waals surface area contributed by atoms with Crippen LogP contribution in [0.2, 0.25) is 0 Å². The van der Waals surface area contributed by atoms with Gasteiger partial charge in [-0.25, -0.2) is 9.97 Å². The molecule has 25 heavy (non-hydrogen) atoms. The molecule has 0 aromatic carbocycles. The number of aromatic nitrogens is 3. The molecule has 1 aliphatic rings. The molecule has 0 radical (unpaired) electrons. The molecular weight excluding hydrogens is 312 g/mol. The maximum atomic E-state index is 9.56. The molecular formula is C20H20N4O. The maximum absolute atomic E-state index is 9.56. The van der Waals surface area contributed by atoms with Crippen LogP contribution < -0.4 is 4.74 Å². The molecule has 0 amide bonds. The Morgan fingerprint density at radius 2 is 2.08 bits per heavy atom. The Kier molecular flexibility index (Phi) is 4.10. The summed E-state index contributed by atoms with van der Waals surface area (Å²) in [5.41, 5.74) is 4.22. The molecule has 0 saturated heterocycles. The van der Waals surface area contributed by atoms with Gasteiger partial charge in [-0.3, -0.25) is 0 Å². The number of hydrogen-bond donors (Lipinski definition) is 0. The number of fused-ring (bicyclic) bond motifs is 1. The van der Waals surface area contributed by atoms with Crippen LogP contribution >= 0.6 is 0 Å². The molecule has 0 atom stereocenters. The Labute approximate surface area is 146 Å². The highest BCUT2D eigenvalue weighted by Gasteiger charge is 2.19. The van der Waals surface area contributed by atoms with Gasteiger partial charge >= 0.3 is 0 Å². The van der Waals surface area contributed by atoms with Crippen LogP contribution in [0.25, 0.3) is 16.8 Å². The first-order valence-corrected chi connectivity index (χ1v) is 8.76. The first-order chi connectivity index (χ1) is 12.2. The second-order valence-corrected chi connectivity index (χ2v) is 6.57. The van der Waals surface area contributed by atoms with Gasteiger partial charge in [-0.15, -0.1) is 0 Å². The summed E-state index contributed by atoms with van der Waals surface area (Å²) in [6.07, 6.45) is 11.6. The van der Waals surface area contributed by atoms with Crippen molar-refractivity contribution in [2.45, 2.75) is 45.1 Å². The summed E-state index contributed by atoms with van der Waals surface area (Å²) < 4.78 is 8.02. The van der Waals surface area contributed by atoms with E-state index in [4.69, 9.17) is 4.74 Å². The third-order valence-electron chi connectivity index (χ3n) is 4.83. The van der Waals surface area contributed by atoms with Crippen LogP contribution in [0.3, 0.4) is 0 Å². The van der Waals surface area contributed by atoms with Crippen molar-refractivity contribution >= 4 is 5.65 Å². The van der Waals surface area contributed by atoms with Crippen LogP contribution in [-0.2, 0) is 0 Å². The molecule has 5 nitrogen and oxygen atoms in total. The minimum absolute atomic E-state index is 0.181. The Morgan fingerprint density at radius 3 is 2.88 bits per heavy atom. The van der Waals surface area contributed by atoms with Crippen LogP contribution in [0.5, 0.6) is 5.88 Å². The lowest BCUT2D eigenvalue weighted by molar-refractivity contribution is 0.148. The molecule has 3 heterocycles. The van der Waals surface area contributed by atoms with Crippen LogP contribution in [0, 0.1) is 18.3 Å². The van der Waals surface area contributed by atoms with Gasteiger partial charge in [0.05, 0.1) is 0 Å². The van der Waals surface area contributed by atoms with Gasteiger partial charge in [0.1, 0.15) is 23.4 Å². The highest BCUT2D eigenvalue weighted by Crippen LogP contribution is 2.30. The molecule has 0 unspecified atom stereocenters. The number of aryl methyl sites for hydroxylation is 1. The highest BCUT2D eigenvalue weighted by atomic mass is 16.5. The monoisotopic (exact) mass is 332 g/mol. The maximum Gasteiger partial charge on any atom is 0.232 e. The minimum Gasteiger partial charge on any atom is -0.473 e. The van der Waals surface area contributed by atoms with Gasteiger partial charge in [0.15, 0.2) is 0 Å². The van der Waals surface area contributed by atoms with Gasteiger partial charge in [-0.1, -0.05) is 6.42 Å². The summed E-state index contributed by atoms with van der Waals surface area (Å²) in [6.45, 7) is 1.96. The van der Waals surface area contributed by atoms with E-state index in [1.165, 1.54) is 19.3 Å². The molecule has 3 aromatic rings. The molecule has 4 rings (SSSR count). The van der Waals surface area contributed by atoms with Crippen molar-refractivity contribution in [2.24, 2.45) is 0 Å². The van der Waals surface area contributed by atoms with E-state index in [1.54, 1.807) is 6.20 Å². The number of pyridine rings is 2. The lowest BCUT2D eigenvalue weighted by Gasteiger charge is -2.23. The van der Waals surface area contributed by atoms with Crippen LogP contribution in [0.4, 0.5) is 0 Å². The van der Waals surface area contributed by atoms with Gasteiger partial charge in [0, 0.05) is 35.4 Å². The van der Waals surface area contributed by atoms with E-state index in [1.807, 2.05) is 41.9 Å². The van der Waals surface area contributed by atoms with E-state index in [0.717, 1.165) is 35.3 Å². The Bertz CT molecular complexity index is 948. The topological polar surface area (TPSA) is 63.2 Å². The van der Waals surface area contributed by atoms with Gasteiger partial charge < -0.3 is 9.14 Å². The fourth-order valence-electron chi connectivity index (χ4n) is 3.47. The largest absolute Gasteiger partial charge is 0.473 e. The van der Waals surface area contributed by atoms with E-state index >= 15 is 0 Å². The predicted molar refractivity (Wildman–Crippen MR) is 95.4 cm³/mol. The molecule has 5 heteroatoms. The summed E-state index contributed by atoms with van der Waals surface area (Å²) >= 11 is 0. The number of rotatable bonds is 3. The molecule has 0 aliphatic heterocycles. The number of ether oxygens (including phenoxy) is 1. The van der Waals surface area contributed by atoms with Crippen molar-refractivity contribution in [3.8, 4) is 23.1 Å². The Balaban J connectivity index is 1.70. The zero-order valence-electron chi connectivity index (χ0n) is 14.3. The Morgan fingerprint density at radius 1 is 1.24 bits per heavy atom. The van der Waals surface area contributed by atoms with Crippen molar-refractivity contribution in [1.29, 1.82) is 5.26 Å². The van der Waals surface area contributed by atoms with Crippen LogP contribution in [0.15, 0.2) is 36.8 Å². The van der Waals surface area contributed by atoms with Gasteiger partial charge in [-0.05, 0) is 50.8 Å². The first kappa shape index (κ1) is 15.6. The molecule has 126 valence electrons. The van der Waals surface area contributed by atoms with E-state index < -0.39 is 0 Å². The molecule has 1 aliphatic carbocycles. The highest BCUT2D eigenvalue weighted by molar-refractivity contribution is 5.69. The summed E-state index contributed by atoms with van der Waals surface area (Å²) in [6, 6.07) is 8.11. The second-order valence-electron chi connectivity index (χ2n) is 6.57. The van der Waals surface area contributed by atoms with Crippen molar-refractivity contribution in [3.05, 3.63) is 48.0 Å². The summed E-state index contributed by atoms with van der Waals surface area (Å²) in [5.74, 6) is 0.472. The quantitative estimate of drug-likeness (QED) is 0.718. The fraction of sp³-hybridized carbons (Fsp3) is 0.350. The molecule has 1 fully saturated rings. The average Bonchev–Trinajstić information content (AvgIpc) is 3.10. The van der Waals surface area contributed by atoms with Gasteiger partial charge in [-0.2, -0.15) is 5.26 Å². The summed E-state index contributed by atoms with van der Waals surface area (Å²) in [4.78, 5) is 8.88. The molecule has 0 bridgehead atoms. The molecule has 0 N–H and O–H groups in total. The Hall–Kier alpha value is -2.87. The zero-order valence-corrected chi connectivity index (χ0v) is 14.3. The van der Waals surface area contributed by atoms with Gasteiger partial charge in [0.2, 0.25) is 5.88 Å². The van der Waals surface area contributed by atoms with Gasteiger partial charge in [0.25, 0.3) is 0 Å². The molecule has 0 spiro atoms. The minimum atomic E-state index is 0.181. The van der Waals surface area contributed by atoms with Crippen molar-refractivity contribution in [3.63, 3.8) is 0 Å². The normalized spacial score (nSPS) is 15.2. The van der Waals surface area contributed by atoms with E-state index in [0.29, 0.717) is 11.4 Å². The smallest absolute Gasteiger partial charge is 0.232 e. The van der Waals surface area contributed by atoms with Crippen molar-refractivity contribution in [1.82, 2.24) is 14.4 Å². The second kappa shape index (κ2) is 6.56. The third-order valence-corrected chi connectivity index (χ3v) is 4.83. The molecule has 3 aromatic heterocycles. The third kappa shape index (κ3) is 3.08. The molecule has 1 saturated carbocycles. The average molecular weight is 332 g/mol. The standard InChI is InChI=1S/C20H20N4O/c1-14-18(15-7-8-19-22-9-10-24(19)13-15)11-16(12-21)20(23-14)25-17-5-3-2-4-6-17/h7-11,13,17H,2-6H2,1H3. The number of nitriles is 1. The van der Waals surface area contributed by atoms with Crippen molar-refractivity contribution < 1.29 is 4.74 Å². The van der Waals surface area contributed by atoms with E-state index in [9.17, 15) is 5.26 Å². The predicted octanol–water partition coefficient (Wildman–Crippen LogP) is 4.29. The SMILES string of the molecule is Cc1nc(OC2CCCCC2)c(C#N)cc1-c1ccc2nccn2c1. The number of imidazole rings is 1. The number of hydrogen-bond acceptors (Lipinski definition) is 4. The first-order valence-electron chi connectivity index (χ1n) is 8.76. The lowest BCUT2D eigenvalue weighted by Crippen LogP contribution is -2.21. The van der Waals surface area contributed by atoms with E-state index in [2.05, 4.69) is 16.0 Å².